The summed E-state index contributed by atoms with van der Waals surface area (Å²) >= 11 is 0. The molecule has 0 radical (unpaired) electrons. The van der Waals surface area contributed by atoms with Crippen LogP contribution in [0.3, 0.4) is 0 Å². The molecule has 0 aliphatic rings. The number of nitrogens with zero attached hydrogens (tertiary/aromatic N) is 1. The molecule has 5 heteroatoms. The third kappa shape index (κ3) is 3.13. The lowest BCUT2D eigenvalue weighted by Gasteiger charge is -2.13. The molecule has 0 saturated carbocycles. The summed E-state index contributed by atoms with van der Waals surface area (Å²) in [7, 11) is 3.55. The number of carboxylic acids is 1. The number of carbonyl (C=O) groups excluding carboxylic acids is 1. The second-order valence-electron chi connectivity index (χ2n) is 4.84. The number of benzene rings is 2. The minimum absolute atomic E-state index is 0.0933. The number of fused-ring (bicyclic) bond motifs is 1. The SMILES string of the molecule is CN(C)CC(=O)Nc1cc2ccccc2cc1C(=O)O. The normalized spacial score (nSPS) is 10.8. The number of carbonyl (C=O) groups is 2. The molecule has 0 heterocycles. The molecule has 0 saturated heterocycles. The lowest BCUT2D eigenvalue weighted by Crippen LogP contribution is -2.27. The van der Waals surface area contributed by atoms with Crippen LogP contribution in [0, 0.1) is 0 Å². The number of rotatable bonds is 4. The molecular weight excluding hydrogens is 256 g/mol. The van der Waals surface area contributed by atoms with Gasteiger partial charge in [-0.3, -0.25) is 4.79 Å². The summed E-state index contributed by atoms with van der Waals surface area (Å²) in [5.74, 6) is -1.30. The minimum Gasteiger partial charge on any atom is -0.478 e. The van der Waals surface area contributed by atoms with Crippen molar-refractivity contribution in [2.75, 3.05) is 26.0 Å². The first-order valence-corrected chi connectivity index (χ1v) is 6.18. The molecule has 0 atom stereocenters. The lowest BCUT2D eigenvalue weighted by atomic mass is 10.0. The number of carboxylic acid groups (broad SMARTS) is 1. The van der Waals surface area contributed by atoms with Gasteiger partial charge < -0.3 is 15.3 Å². The highest BCUT2D eigenvalue weighted by Gasteiger charge is 2.14. The predicted molar refractivity (Wildman–Crippen MR) is 78.1 cm³/mol. The van der Waals surface area contributed by atoms with Crippen molar-refractivity contribution in [3.8, 4) is 0 Å². The van der Waals surface area contributed by atoms with Gasteiger partial charge in [-0.25, -0.2) is 4.79 Å². The summed E-state index contributed by atoms with van der Waals surface area (Å²) in [4.78, 5) is 24.8. The summed E-state index contributed by atoms with van der Waals surface area (Å²) in [6.07, 6.45) is 0. The van der Waals surface area contributed by atoms with E-state index < -0.39 is 5.97 Å². The smallest absolute Gasteiger partial charge is 0.337 e. The first-order valence-electron chi connectivity index (χ1n) is 6.18. The van der Waals surface area contributed by atoms with Crippen LogP contribution in [0.5, 0.6) is 0 Å². The third-order valence-corrected chi connectivity index (χ3v) is 2.85. The number of hydrogen-bond acceptors (Lipinski definition) is 3. The van der Waals surface area contributed by atoms with E-state index in [2.05, 4.69) is 5.32 Å². The van der Waals surface area contributed by atoms with Gasteiger partial charge >= 0.3 is 5.97 Å². The van der Waals surface area contributed by atoms with Gasteiger partial charge in [0.05, 0.1) is 17.8 Å². The lowest BCUT2D eigenvalue weighted by molar-refractivity contribution is -0.116. The zero-order chi connectivity index (χ0) is 14.7. The molecule has 1 amide bonds. The third-order valence-electron chi connectivity index (χ3n) is 2.85. The fourth-order valence-corrected chi connectivity index (χ4v) is 2.00. The van der Waals surface area contributed by atoms with Crippen molar-refractivity contribution in [1.82, 2.24) is 4.90 Å². The summed E-state index contributed by atoms with van der Waals surface area (Å²) < 4.78 is 0. The highest BCUT2D eigenvalue weighted by molar-refractivity contribution is 6.05. The second kappa shape index (κ2) is 5.71. The van der Waals surface area contributed by atoms with Gasteiger partial charge in [0.15, 0.2) is 0 Å². The maximum Gasteiger partial charge on any atom is 0.337 e. The molecule has 2 aromatic rings. The standard InChI is InChI=1S/C15H16N2O3/c1-17(2)9-14(18)16-13-8-11-6-4-3-5-10(11)7-12(13)15(19)20/h3-8H,9H2,1-2H3,(H,16,18)(H,19,20). The first-order chi connectivity index (χ1) is 9.47. The summed E-state index contributed by atoms with van der Waals surface area (Å²) in [5, 5.41) is 13.6. The van der Waals surface area contributed by atoms with E-state index in [0.717, 1.165) is 10.8 Å². The van der Waals surface area contributed by atoms with Crippen molar-refractivity contribution in [2.45, 2.75) is 0 Å². The first kappa shape index (κ1) is 14.0. The van der Waals surface area contributed by atoms with E-state index in [1.165, 1.54) is 0 Å². The van der Waals surface area contributed by atoms with E-state index in [1.807, 2.05) is 24.3 Å². The summed E-state index contributed by atoms with van der Waals surface area (Å²) in [6.45, 7) is 0.200. The van der Waals surface area contributed by atoms with Crippen molar-refractivity contribution in [2.24, 2.45) is 0 Å². The van der Waals surface area contributed by atoms with Gasteiger partial charge in [-0.2, -0.15) is 0 Å². The number of likely N-dealkylation sites (N-methyl/N-ethyl adjacent to an activating group) is 1. The molecule has 0 bridgehead atoms. The number of amides is 1. The van der Waals surface area contributed by atoms with E-state index in [0.29, 0.717) is 5.69 Å². The Hall–Kier alpha value is -2.40. The summed E-state index contributed by atoms with van der Waals surface area (Å²) in [6, 6.07) is 10.7. The van der Waals surface area contributed by atoms with Crippen molar-refractivity contribution in [1.29, 1.82) is 0 Å². The van der Waals surface area contributed by atoms with E-state index in [9.17, 15) is 14.7 Å². The fraction of sp³-hybridized carbons (Fsp3) is 0.200. The molecule has 0 spiro atoms. The fourth-order valence-electron chi connectivity index (χ4n) is 2.00. The van der Waals surface area contributed by atoms with Crippen LogP contribution in [0.15, 0.2) is 36.4 Å². The molecule has 0 unspecified atom stereocenters. The molecule has 2 aromatic carbocycles. The van der Waals surface area contributed by atoms with Crippen LogP contribution in [-0.4, -0.2) is 42.5 Å². The van der Waals surface area contributed by atoms with Crippen molar-refractivity contribution >= 4 is 28.3 Å². The van der Waals surface area contributed by atoms with Crippen molar-refractivity contribution in [3.63, 3.8) is 0 Å². The van der Waals surface area contributed by atoms with E-state index >= 15 is 0 Å². The van der Waals surface area contributed by atoms with E-state index in [4.69, 9.17) is 0 Å². The molecule has 0 fully saturated rings. The Morgan fingerprint density at radius 3 is 2.30 bits per heavy atom. The average Bonchev–Trinajstić information content (AvgIpc) is 2.36. The van der Waals surface area contributed by atoms with Gasteiger partial charge in [0.1, 0.15) is 0 Å². The highest BCUT2D eigenvalue weighted by Crippen LogP contribution is 2.24. The van der Waals surface area contributed by atoms with E-state index in [1.54, 1.807) is 31.1 Å². The van der Waals surface area contributed by atoms with E-state index in [-0.39, 0.29) is 18.0 Å². The van der Waals surface area contributed by atoms with Crippen molar-refractivity contribution < 1.29 is 14.7 Å². The molecular formula is C15H16N2O3. The Balaban J connectivity index is 2.42. The molecule has 20 heavy (non-hydrogen) atoms. The molecule has 0 aromatic heterocycles. The molecule has 5 nitrogen and oxygen atoms in total. The van der Waals surface area contributed by atoms with Crippen LogP contribution >= 0.6 is 0 Å². The molecule has 0 aliphatic heterocycles. The highest BCUT2D eigenvalue weighted by atomic mass is 16.4. The maximum absolute atomic E-state index is 11.8. The summed E-state index contributed by atoms with van der Waals surface area (Å²) in [5.41, 5.74) is 0.416. The Labute approximate surface area is 116 Å². The topological polar surface area (TPSA) is 69.6 Å². The maximum atomic E-state index is 11.8. The Bertz CT molecular complexity index is 665. The Morgan fingerprint density at radius 1 is 1.15 bits per heavy atom. The number of anilines is 1. The molecule has 0 aliphatic carbocycles. The quantitative estimate of drug-likeness (QED) is 0.893. The molecule has 2 N–H and O–H groups in total. The van der Waals surface area contributed by atoms with Gasteiger partial charge in [-0.05, 0) is 37.0 Å². The van der Waals surface area contributed by atoms with Gasteiger partial charge in [0.2, 0.25) is 5.91 Å². The molecule has 104 valence electrons. The number of aromatic carboxylic acids is 1. The zero-order valence-corrected chi connectivity index (χ0v) is 11.4. The number of hydrogen-bond donors (Lipinski definition) is 2. The zero-order valence-electron chi connectivity index (χ0n) is 11.4. The van der Waals surface area contributed by atoms with Crippen LogP contribution in [0.1, 0.15) is 10.4 Å². The predicted octanol–water partition coefficient (Wildman–Crippen LogP) is 2.04. The Morgan fingerprint density at radius 2 is 1.75 bits per heavy atom. The Kier molecular flexibility index (Phi) is 4.00. The van der Waals surface area contributed by atoms with Crippen molar-refractivity contribution in [3.05, 3.63) is 42.0 Å². The second-order valence-corrected chi connectivity index (χ2v) is 4.84. The number of nitrogens with one attached hydrogen (secondary N) is 1. The molecule has 2 rings (SSSR count). The minimum atomic E-state index is -1.06. The largest absolute Gasteiger partial charge is 0.478 e. The van der Waals surface area contributed by atoms with Crippen LogP contribution in [-0.2, 0) is 4.79 Å². The van der Waals surface area contributed by atoms with Gasteiger partial charge in [-0.1, -0.05) is 24.3 Å². The monoisotopic (exact) mass is 272 g/mol. The average molecular weight is 272 g/mol. The van der Waals surface area contributed by atoms with Crippen LogP contribution in [0.25, 0.3) is 10.8 Å². The van der Waals surface area contributed by atoms with Crippen LogP contribution in [0.4, 0.5) is 5.69 Å². The van der Waals surface area contributed by atoms with Crippen LogP contribution in [0.2, 0.25) is 0 Å². The van der Waals surface area contributed by atoms with Crippen LogP contribution < -0.4 is 5.32 Å². The van der Waals surface area contributed by atoms with Gasteiger partial charge in [0.25, 0.3) is 0 Å². The van der Waals surface area contributed by atoms with Gasteiger partial charge in [0, 0.05) is 0 Å². The van der Waals surface area contributed by atoms with Gasteiger partial charge in [-0.15, -0.1) is 0 Å².